The normalized spacial score (nSPS) is 29.0. The summed E-state index contributed by atoms with van der Waals surface area (Å²) >= 11 is 0. The van der Waals surface area contributed by atoms with Crippen LogP contribution < -0.4 is 5.32 Å². The predicted molar refractivity (Wildman–Crippen MR) is 56.7 cm³/mol. The quantitative estimate of drug-likeness (QED) is 0.756. The first-order valence-electron chi connectivity index (χ1n) is 5.38. The average Bonchev–Trinajstić information content (AvgIpc) is 2.20. The third-order valence-electron chi connectivity index (χ3n) is 3.36. The smallest absolute Gasteiger partial charge is 0.142 e. The lowest BCUT2D eigenvalue weighted by atomic mass is 9.79. The van der Waals surface area contributed by atoms with E-state index in [1.165, 1.54) is 18.2 Å². The minimum atomic E-state index is -0.253. The molecule has 2 nitrogen and oxygen atoms in total. The van der Waals surface area contributed by atoms with Gasteiger partial charge in [0.05, 0.1) is 6.20 Å². The van der Waals surface area contributed by atoms with Crippen LogP contribution >= 0.6 is 0 Å². The van der Waals surface area contributed by atoms with E-state index < -0.39 is 0 Å². The van der Waals surface area contributed by atoms with Crippen molar-refractivity contribution in [3.63, 3.8) is 0 Å². The molecule has 2 atom stereocenters. The summed E-state index contributed by atoms with van der Waals surface area (Å²) in [6.45, 7) is 1.13. The Hall–Kier alpha value is -1.22. The van der Waals surface area contributed by atoms with Gasteiger partial charge in [0.2, 0.25) is 0 Å². The Bertz CT molecular complexity index is 414. The number of halogens is 1. The molecule has 0 saturated carbocycles. The van der Waals surface area contributed by atoms with Gasteiger partial charge in [-0.3, -0.25) is 4.98 Å². The summed E-state index contributed by atoms with van der Waals surface area (Å²) in [7, 11) is 0. The number of hydrogen-bond donors (Lipinski definition) is 1. The van der Waals surface area contributed by atoms with Gasteiger partial charge in [-0.2, -0.15) is 0 Å². The zero-order chi connectivity index (χ0) is 10.3. The molecule has 0 bridgehead atoms. The van der Waals surface area contributed by atoms with E-state index in [4.69, 9.17) is 0 Å². The van der Waals surface area contributed by atoms with Gasteiger partial charge in [-0.05, 0) is 36.0 Å². The van der Waals surface area contributed by atoms with E-state index in [0.717, 1.165) is 24.4 Å². The average molecular weight is 204 g/mol. The Labute approximate surface area is 88.2 Å². The first-order chi connectivity index (χ1) is 7.33. The summed E-state index contributed by atoms with van der Waals surface area (Å²) in [5.41, 5.74) is 2.16. The van der Waals surface area contributed by atoms with Crippen molar-refractivity contribution in [1.82, 2.24) is 10.3 Å². The van der Waals surface area contributed by atoms with Crippen molar-refractivity contribution in [3.8, 4) is 0 Å². The van der Waals surface area contributed by atoms with Crippen LogP contribution in [0.1, 0.15) is 18.4 Å². The third-order valence-corrected chi connectivity index (χ3v) is 3.36. The van der Waals surface area contributed by atoms with Gasteiger partial charge in [0, 0.05) is 18.8 Å². The summed E-state index contributed by atoms with van der Waals surface area (Å²) in [6.07, 6.45) is 7.48. The Balaban J connectivity index is 1.91. The van der Waals surface area contributed by atoms with Crippen LogP contribution in [-0.4, -0.2) is 17.6 Å². The second-order valence-corrected chi connectivity index (χ2v) is 4.32. The number of allylic oxidation sites excluding steroid dienone is 1. The van der Waals surface area contributed by atoms with E-state index in [-0.39, 0.29) is 5.82 Å². The van der Waals surface area contributed by atoms with Crippen LogP contribution in [0.4, 0.5) is 4.39 Å². The van der Waals surface area contributed by atoms with Gasteiger partial charge in [-0.15, -0.1) is 0 Å². The molecule has 1 aliphatic carbocycles. The van der Waals surface area contributed by atoms with E-state index in [1.54, 1.807) is 12.3 Å². The number of fused-ring (bicyclic) bond motifs is 1. The van der Waals surface area contributed by atoms with Crippen molar-refractivity contribution in [1.29, 1.82) is 0 Å². The topological polar surface area (TPSA) is 24.9 Å². The molecule has 1 N–H and O–H groups in total. The Morgan fingerprint density at radius 3 is 3.00 bits per heavy atom. The van der Waals surface area contributed by atoms with Crippen molar-refractivity contribution >= 4 is 5.57 Å². The molecule has 15 heavy (non-hydrogen) atoms. The zero-order valence-electron chi connectivity index (χ0n) is 8.41. The minimum absolute atomic E-state index is 0.253. The summed E-state index contributed by atoms with van der Waals surface area (Å²) in [5, 5.41) is 3.37. The summed E-state index contributed by atoms with van der Waals surface area (Å²) in [6, 6.07) is 2.08. The highest BCUT2D eigenvalue weighted by molar-refractivity contribution is 5.66. The van der Waals surface area contributed by atoms with Crippen LogP contribution in [0.25, 0.3) is 5.57 Å². The maximum absolute atomic E-state index is 13.0. The van der Waals surface area contributed by atoms with Crippen LogP contribution in [0.2, 0.25) is 0 Å². The monoisotopic (exact) mass is 204 g/mol. The van der Waals surface area contributed by atoms with Crippen LogP contribution in [0.3, 0.4) is 0 Å². The van der Waals surface area contributed by atoms with E-state index >= 15 is 0 Å². The van der Waals surface area contributed by atoms with Gasteiger partial charge in [0.1, 0.15) is 5.82 Å². The fourth-order valence-electron chi connectivity index (χ4n) is 2.37. The number of pyridine rings is 1. The number of rotatable bonds is 1. The lowest BCUT2D eigenvalue weighted by Crippen LogP contribution is -2.52. The molecular weight excluding hydrogens is 191 g/mol. The van der Waals surface area contributed by atoms with Gasteiger partial charge < -0.3 is 5.32 Å². The molecule has 2 unspecified atom stereocenters. The molecular formula is C12H13FN2. The number of nitrogens with zero attached hydrogens (tertiary/aromatic N) is 1. The van der Waals surface area contributed by atoms with Crippen molar-refractivity contribution in [3.05, 3.63) is 35.9 Å². The second-order valence-electron chi connectivity index (χ2n) is 4.32. The first-order valence-corrected chi connectivity index (χ1v) is 5.38. The van der Waals surface area contributed by atoms with Gasteiger partial charge >= 0.3 is 0 Å². The molecule has 1 fully saturated rings. The van der Waals surface area contributed by atoms with Gasteiger partial charge in [-0.1, -0.05) is 6.08 Å². The number of hydrogen-bond acceptors (Lipinski definition) is 2. The molecule has 0 aromatic carbocycles. The lowest BCUT2D eigenvalue weighted by Gasteiger charge is -2.40. The third kappa shape index (κ3) is 1.57. The van der Waals surface area contributed by atoms with Gasteiger partial charge in [0.15, 0.2) is 0 Å². The highest BCUT2D eigenvalue weighted by Crippen LogP contribution is 2.33. The largest absolute Gasteiger partial charge is 0.310 e. The zero-order valence-corrected chi connectivity index (χ0v) is 8.41. The summed E-state index contributed by atoms with van der Waals surface area (Å²) in [5.74, 6) is 0.548. The molecule has 3 heteroatoms. The first kappa shape index (κ1) is 9.04. The maximum Gasteiger partial charge on any atom is 0.142 e. The molecule has 3 rings (SSSR count). The van der Waals surface area contributed by atoms with Crippen LogP contribution in [0.15, 0.2) is 24.5 Å². The van der Waals surface area contributed by atoms with E-state index in [9.17, 15) is 4.39 Å². The standard InChI is InChI=1S/C12H13FN2/c13-11-3-10(5-14-7-11)8-1-2-9-6-15-12(9)4-8/h3-5,7,9,12,15H,1-2,6H2. The SMILES string of the molecule is Fc1cncc(C2=CC3NCC3CC2)c1. The van der Waals surface area contributed by atoms with Crippen LogP contribution in [0.5, 0.6) is 0 Å². The van der Waals surface area contributed by atoms with Gasteiger partial charge in [-0.25, -0.2) is 4.39 Å². The van der Waals surface area contributed by atoms with Crippen molar-refractivity contribution in [2.75, 3.05) is 6.54 Å². The lowest BCUT2D eigenvalue weighted by molar-refractivity contribution is 0.256. The van der Waals surface area contributed by atoms with Gasteiger partial charge in [0.25, 0.3) is 0 Å². The van der Waals surface area contributed by atoms with Crippen molar-refractivity contribution < 1.29 is 4.39 Å². The predicted octanol–water partition coefficient (Wildman–Crippen LogP) is 1.99. The highest BCUT2D eigenvalue weighted by atomic mass is 19.1. The molecule has 2 heterocycles. The molecule has 1 aromatic rings. The molecule has 0 radical (unpaired) electrons. The summed E-state index contributed by atoms with van der Waals surface area (Å²) in [4.78, 5) is 3.89. The van der Waals surface area contributed by atoms with E-state index in [1.807, 2.05) is 0 Å². The maximum atomic E-state index is 13.0. The fraction of sp³-hybridized carbons (Fsp3) is 0.417. The molecule has 0 spiro atoms. The Kier molecular flexibility index (Phi) is 2.06. The van der Waals surface area contributed by atoms with Crippen molar-refractivity contribution in [2.24, 2.45) is 5.92 Å². The molecule has 2 aliphatic rings. The van der Waals surface area contributed by atoms with E-state index in [2.05, 4.69) is 16.4 Å². The van der Waals surface area contributed by atoms with Crippen LogP contribution in [0, 0.1) is 11.7 Å². The second kappa shape index (κ2) is 3.42. The highest BCUT2D eigenvalue weighted by Gasteiger charge is 2.31. The minimum Gasteiger partial charge on any atom is -0.310 e. The van der Waals surface area contributed by atoms with E-state index in [0.29, 0.717) is 6.04 Å². The molecule has 1 saturated heterocycles. The molecule has 1 aliphatic heterocycles. The van der Waals surface area contributed by atoms with Crippen LogP contribution in [-0.2, 0) is 0 Å². The summed E-state index contributed by atoms with van der Waals surface area (Å²) < 4.78 is 13.0. The Morgan fingerprint density at radius 1 is 1.40 bits per heavy atom. The number of aromatic nitrogens is 1. The molecule has 1 aromatic heterocycles. The molecule has 78 valence electrons. The van der Waals surface area contributed by atoms with Crippen molar-refractivity contribution in [2.45, 2.75) is 18.9 Å². The Morgan fingerprint density at radius 2 is 2.33 bits per heavy atom. The molecule has 0 amide bonds. The number of nitrogens with one attached hydrogen (secondary N) is 1. The fourth-order valence-corrected chi connectivity index (χ4v) is 2.37.